The normalized spacial score (nSPS) is 14.8. The van der Waals surface area contributed by atoms with Crippen LogP contribution in [0.15, 0.2) is 51.9 Å². The van der Waals surface area contributed by atoms with E-state index in [1.54, 1.807) is 0 Å². The summed E-state index contributed by atoms with van der Waals surface area (Å²) in [5, 5.41) is 5.68. The Kier molecular flexibility index (Phi) is 2.30. The first-order valence-electron chi connectivity index (χ1n) is 6.58. The van der Waals surface area contributed by atoms with Crippen LogP contribution in [-0.4, -0.2) is 18.9 Å². The summed E-state index contributed by atoms with van der Waals surface area (Å²) < 4.78 is 6.01. The standard InChI is InChI=1S/C16H14N2O/c1-2-7-14-12(5-1)13-6-3-4-11(16(13)19-14)10-15-17-8-9-18-15/h1-7H,8-10H2,(H,17,18). The van der Waals surface area contributed by atoms with Gasteiger partial charge in [-0.15, -0.1) is 0 Å². The van der Waals surface area contributed by atoms with Crippen LogP contribution in [-0.2, 0) is 6.42 Å². The lowest BCUT2D eigenvalue weighted by molar-refractivity contribution is 0.664. The lowest BCUT2D eigenvalue weighted by Crippen LogP contribution is -2.20. The predicted octanol–water partition coefficient (Wildman–Crippen LogP) is 3.13. The van der Waals surface area contributed by atoms with Crippen molar-refractivity contribution in [1.82, 2.24) is 5.32 Å². The van der Waals surface area contributed by atoms with Gasteiger partial charge in [0, 0.05) is 29.3 Å². The number of amidine groups is 1. The van der Waals surface area contributed by atoms with E-state index in [1.165, 1.54) is 16.3 Å². The monoisotopic (exact) mass is 250 g/mol. The summed E-state index contributed by atoms with van der Waals surface area (Å²) in [6.45, 7) is 1.83. The summed E-state index contributed by atoms with van der Waals surface area (Å²) in [5.41, 5.74) is 3.13. The molecule has 0 saturated heterocycles. The first-order valence-corrected chi connectivity index (χ1v) is 6.58. The minimum Gasteiger partial charge on any atom is -0.456 e. The Balaban J connectivity index is 1.90. The van der Waals surface area contributed by atoms with E-state index in [1.807, 2.05) is 18.2 Å². The van der Waals surface area contributed by atoms with Gasteiger partial charge in [-0.3, -0.25) is 4.99 Å². The van der Waals surface area contributed by atoms with Crippen molar-refractivity contribution in [3.8, 4) is 0 Å². The van der Waals surface area contributed by atoms with Crippen molar-refractivity contribution in [2.75, 3.05) is 13.1 Å². The Hall–Kier alpha value is -2.29. The maximum atomic E-state index is 6.01. The summed E-state index contributed by atoms with van der Waals surface area (Å²) in [5.74, 6) is 1.06. The molecule has 0 atom stereocenters. The Bertz CT molecular complexity index is 786. The van der Waals surface area contributed by atoms with Crippen molar-refractivity contribution in [3.05, 3.63) is 48.0 Å². The summed E-state index contributed by atoms with van der Waals surface area (Å²) in [6, 6.07) is 14.5. The van der Waals surface area contributed by atoms with Crippen LogP contribution in [0.5, 0.6) is 0 Å². The third-order valence-corrected chi connectivity index (χ3v) is 3.59. The van der Waals surface area contributed by atoms with Gasteiger partial charge in [-0.1, -0.05) is 36.4 Å². The van der Waals surface area contributed by atoms with Gasteiger partial charge in [-0.2, -0.15) is 0 Å². The molecule has 0 aliphatic carbocycles. The minimum atomic E-state index is 0.817. The molecule has 1 aromatic heterocycles. The second-order valence-electron chi connectivity index (χ2n) is 4.82. The number of nitrogens with zero attached hydrogens (tertiary/aromatic N) is 1. The molecule has 0 bridgehead atoms. The number of benzene rings is 2. The molecule has 2 aromatic carbocycles. The maximum absolute atomic E-state index is 6.01. The summed E-state index contributed by atoms with van der Waals surface area (Å²) in [6.07, 6.45) is 0.817. The topological polar surface area (TPSA) is 37.5 Å². The fraction of sp³-hybridized carbons (Fsp3) is 0.188. The molecule has 94 valence electrons. The molecule has 0 radical (unpaired) electrons. The Morgan fingerprint density at radius 3 is 2.84 bits per heavy atom. The molecular weight excluding hydrogens is 236 g/mol. The summed E-state index contributed by atoms with van der Waals surface area (Å²) in [4.78, 5) is 4.46. The molecule has 3 aromatic rings. The third kappa shape index (κ3) is 1.70. The molecule has 3 nitrogen and oxygen atoms in total. The number of nitrogens with one attached hydrogen (secondary N) is 1. The fourth-order valence-electron chi connectivity index (χ4n) is 2.69. The maximum Gasteiger partial charge on any atom is 0.139 e. The second kappa shape index (κ2) is 4.12. The van der Waals surface area contributed by atoms with E-state index in [0.29, 0.717) is 0 Å². The third-order valence-electron chi connectivity index (χ3n) is 3.59. The van der Waals surface area contributed by atoms with E-state index >= 15 is 0 Å². The quantitative estimate of drug-likeness (QED) is 0.758. The zero-order valence-corrected chi connectivity index (χ0v) is 10.5. The first-order chi connectivity index (χ1) is 9.42. The lowest BCUT2D eigenvalue weighted by Gasteiger charge is -2.03. The average molecular weight is 250 g/mol. The van der Waals surface area contributed by atoms with Crippen LogP contribution in [0, 0.1) is 0 Å². The second-order valence-corrected chi connectivity index (χ2v) is 4.82. The van der Waals surface area contributed by atoms with E-state index in [0.717, 1.165) is 36.5 Å². The van der Waals surface area contributed by atoms with Gasteiger partial charge in [0.25, 0.3) is 0 Å². The highest BCUT2D eigenvalue weighted by Gasteiger charge is 2.13. The van der Waals surface area contributed by atoms with Crippen molar-refractivity contribution in [1.29, 1.82) is 0 Å². The number of para-hydroxylation sites is 2. The molecule has 0 saturated carbocycles. The Morgan fingerprint density at radius 1 is 1.05 bits per heavy atom. The number of aliphatic imine (C=N–C) groups is 1. The van der Waals surface area contributed by atoms with Crippen LogP contribution in [0.2, 0.25) is 0 Å². The van der Waals surface area contributed by atoms with Gasteiger partial charge < -0.3 is 9.73 Å². The van der Waals surface area contributed by atoms with E-state index in [4.69, 9.17) is 4.42 Å². The predicted molar refractivity (Wildman–Crippen MR) is 77.7 cm³/mol. The van der Waals surface area contributed by atoms with Gasteiger partial charge in [0.15, 0.2) is 0 Å². The van der Waals surface area contributed by atoms with E-state index in [-0.39, 0.29) is 0 Å². The first kappa shape index (κ1) is 10.6. The van der Waals surface area contributed by atoms with Crippen LogP contribution in [0.25, 0.3) is 21.9 Å². The Labute approximate surface area is 110 Å². The highest BCUT2D eigenvalue weighted by atomic mass is 16.3. The number of fused-ring (bicyclic) bond motifs is 3. The van der Waals surface area contributed by atoms with Gasteiger partial charge in [0.1, 0.15) is 17.0 Å². The van der Waals surface area contributed by atoms with Crippen LogP contribution < -0.4 is 5.32 Å². The number of rotatable bonds is 2. The SMILES string of the molecule is c1ccc2c(c1)oc1c(CC3=NCCN3)cccc12. The minimum absolute atomic E-state index is 0.817. The molecular formula is C16H14N2O. The van der Waals surface area contributed by atoms with Crippen LogP contribution in [0.4, 0.5) is 0 Å². The van der Waals surface area contributed by atoms with E-state index < -0.39 is 0 Å². The van der Waals surface area contributed by atoms with Gasteiger partial charge in [-0.05, 0) is 6.07 Å². The molecule has 0 amide bonds. The largest absolute Gasteiger partial charge is 0.456 e. The highest BCUT2D eigenvalue weighted by Crippen LogP contribution is 2.30. The molecule has 0 fully saturated rings. The van der Waals surface area contributed by atoms with Crippen molar-refractivity contribution < 1.29 is 4.42 Å². The van der Waals surface area contributed by atoms with Gasteiger partial charge in [0.05, 0.1) is 6.54 Å². The fourth-order valence-corrected chi connectivity index (χ4v) is 2.69. The van der Waals surface area contributed by atoms with Crippen molar-refractivity contribution in [3.63, 3.8) is 0 Å². The molecule has 0 spiro atoms. The highest BCUT2D eigenvalue weighted by molar-refractivity contribution is 6.06. The Morgan fingerprint density at radius 2 is 1.95 bits per heavy atom. The van der Waals surface area contributed by atoms with Crippen molar-refractivity contribution in [2.24, 2.45) is 4.99 Å². The molecule has 3 heteroatoms. The van der Waals surface area contributed by atoms with Crippen LogP contribution >= 0.6 is 0 Å². The zero-order chi connectivity index (χ0) is 12.7. The van der Waals surface area contributed by atoms with Gasteiger partial charge >= 0.3 is 0 Å². The van der Waals surface area contributed by atoms with Gasteiger partial charge in [0.2, 0.25) is 0 Å². The molecule has 0 unspecified atom stereocenters. The van der Waals surface area contributed by atoms with E-state index in [2.05, 4.69) is 34.6 Å². The molecule has 1 N–H and O–H groups in total. The van der Waals surface area contributed by atoms with Crippen molar-refractivity contribution >= 4 is 27.8 Å². The molecule has 1 aliphatic rings. The molecule has 2 heterocycles. The molecule has 1 aliphatic heterocycles. The number of furan rings is 1. The van der Waals surface area contributed by atoms with Crippen LogP contribution in [0.3, 0.4) is 0 Å². The molecule has 19 heavy (non-hydrogen) atoms. The lowest BCUT2D eigenvalue weighted by atomic mass is 10.1. The van der Waals surface area contributed by atoms with Gasteiger partial charge in [-0.25, -0.2) is 0 Å². The number of hydrogen-bond acceptors (Lipinski definition) is 3. The molecule has 4 rings (SSSR count). The van der Waals surface area contributed by atoms with E-state index in [9.17, 15) is 0 Å². The summed E-state index contributed by atoms with van der Waals surface area (Å²) >= 11 is 0. The zero-order valence-electron chi connectivity index (χ0n) is 10.5. The average Bonchev–Trinajstić information content (AvgIpc) is 3.06. The summed E-state index contributed by atoms with van der Waals surface area (Å²) in [7, 11) is 0. The van der Waals surface area contributed by atoms with Crippen LogP contribution in [0.1, 0.15) is 5.56 Å². The van der Waals surface area contributed by atoms with Crippen molar-refractivity contribution in [2.45, 2.75) is 6.42 Å². The number of hydrogen-bond donors (Lipinski definition) is 1. The smallest absolute Gasteiger partial charge is 0.139 e.